The second-order valence-electron chi connectivity index (χ2n) is 5.87. The molecule has 7 heteroatoms. The number of likely N-dealkylation sites (tertiary alicyclic amines) is 1. The zero-order valence-electron chi connectivity index (χ0n) is 13.6. The SMILES string of the molecule is COCCN1CCC(NC(=O)c2ccn(-c3ccc(F)cc3)n2)C1. The van der Waals surface area contributed by atoms with Crippen LogP contribution < -0.4 is 5.32 Å². The van der Waals surface area contributed by atoms with E-state index >= 15 is 0 Å². The van der Waals surface area contributed by atoms with Gasteiger partial charge in [-0.2, -0.15) is 5.10 Å². The van der Waals surface area contributed by atoms with E-state index in [1.165, 1.54) is 12.1 Å². The number of nitrogens with one attached hydrogen (secondary N) is 1. The van der Waals surface area contributed by atoms with Gasteiger partial charge in [-0.1, -0.05) is 0 Å². The second kappa shape index (κ2) is 7.55. The van der Waals surface area contributed by atoms with Gasteiger partial charge in [0.1, 0.15) is 5.82 Å². The van der Waals surface area contributed by atoms with E-state index in [0.29, 0.717) is 18.0 Å². The Morgan fingerprint density at radius 2 is 2.17 bits per heavy atom. The van der Waals surface area contributed by atoms with Crippen LogP contribution in [0.3, 0.4) is 0 Å². The summed E-state index contributed by atoms with van der Waals surface area (Å²) in [6, 6.07) is 7.76. The van der Waals surface area contributed by atoms with Crippen LogP contribution in [-0.2, 0) is 4.74 Å². The highest BCUT2D eigenvalue weighted by atomic mass is 19.1. The third-order valence-corrected chi connectivity index (χ3v) is 4.13. The summed E-state index contributed by atoms with van der Waals surface area (Å²) in [4.78, 5) is 14.6. The molecule has 24 heavy (non-hydrogen) atoms. The largest absolute Gasteiger partial charge is 0.383 e. The van der Waals surface area contributed by atoms with Crippen molar-refractivity contribution in [2.24, 2.45) is 0 Å². The average molecular weight is 332 g/mol. The molecule has 0 radical (unpaired) electrons. The third kappa shape index (κ3) is 3.98. The molecule has 0 spiro atoms. The molecule has 1 saturated heterocycles. The molecule has 0 aliphatic carbocycles. The smallest absolute Gasteiger partial charge is 0.272 e. The van der Waals surface area contributed by atoms with E-state index in [1.807, 2.05) is 0 Å². The zero-order chi connectivity index (χ0) is 16.9. The average Bonchev–Trinajstić information content (AvgIpc) is 3.23. The number of ether oxygens (including phenoxy) is 1. The van der Waals surface area contributed by atoms with Gasteiger partial charge in [0, 0.05) is 39.0 Å². The van der Waals surface area contributed by atoms with Crippen molar-refractivity contribution >= 4 is 5.91 Å². The van der Waals surface area contributed by atoms with Crippen molar-refractivity contribution in [2.75, 3.05) is 33.4 Å². The zero-order valence-corrected chi connectivity index (χ0v) is 13.6. The predicted molar refractivity (Wildman–Crippen MR) is 87.7 cm³/mol. The number of aromatic nitrogens is 2. The predicted octanol–water partition coefficient (Wildman–Crippen LogP) is 1.46. The van der Waals surface area contributed by atoms with Crippen LogP contribution in [0.15, 0.2) is 36.5 Å². The highest BCUT2D eigenvalue weighted by molar-refractivity contribution is 5.92. The molecule has 1 fully saturated rings. The number of hydrogen-bond acceptors (Lipinski definition) is 4. The minimum absolute atomic E-state index is 0.130. The van der Waals surface area contributed by atoms with Gasteiger partial charge in [0.05, 0.1) is 12.3 Å². The van der Waals surface area contributed by atoms with E-state index < -0.39 is 0 Å². The van der Waals surface area contributed by atoms with Crippen LogP contribution in [0.25, 0.3) is 5.69 Å². The molecule has 1 N–H and O–H groups in total. The van der Waals surface area contributed by atoms with Crippen LogP contribution in [0.5, 0.6) is 0 Å². The minimum atomic E-state index is -0.303. The van der Waals surface area contributed by atoms with Crippen LogP contribution in [0.4, 0.5) is 4.39 Å². The summed E-state index contributed by atoms with van der Waals surface area (Å²) in [5.41, 5.74) is 1.07. The molecule has 1 aromatic heterocycles. The van der Waals surface area contributed by atoms with Crippen LogP contribution in [0.1, 0.15) is 16.9 Å². The summed E-state index contributed by atoms with van der Waals surface area (Å²) in [5.74, 6) is -0.488. The van der Waals surface area contributed by atoms with Gasteiger partial charge in [0.2, 0.25) is 0 Å². The number of nitrogens with zero attached hydrogens (tertiary/aromatic N) is 3. The minimum Gasteiger partial charge on any atom is -0.383 e. The van der Waals surface area contributed by atoms with Crippen molar-refractivity contribution in [1.29, 1.82) is 0 Å². The second-order valence-corrected chi connectivity index (χ2v) is 5.87. The highest BCUT2D eigenvalue weighted by Crippen LogP contribution is 2.11. The first-order valence-electron chi connectivity index (χ1n) is 7.99. The number of carbonyl (C=O) groups excluding carboxylic acids is 1. The Labute approximate surface area is 140 Å². The lowest BCUT2D eigenvalue weighted by atomic mass is 10.2. The van der Waals surface area contributed by atoms with Gasteiger partial charge >= 0.3 is 0 Å². The van der Waals surface area contributed by atoms with E-state index in [9.17, 15) is 9.18 Å². The van der Waals surface area contributed by atoms with Crippen LogP contribution in [-0.4, -0.2) is 60.0 Å². The molecule has 1 unspecified atom stereocenters. The fourth-order valence-corrected chi connectivity index (χ4v) is 2.82. The fraction of sp³-hybridized carbons (Fsp3) is 0.412. The fourth-order valence-electron chi connectivity index (χ4n) is 2.82. The number of methoxy groups -OCH3 is 1. The maximum Gasteiger partial charge on any atom is 0.272 e. The van der Waals surface area contributed by atoms with Crippen molar-refractivity contribution in [3.8, 4) is 5.69 Å². The van der Waals surface area contributed by atoms with Gasteiger partial charge in [0.15, 0.2) is 5.69 Å². The molecule has 128 valence electrons. The van der Waals surface area contributed by atoms with E-state index in [1.54, 1.807) is 36.2 Å². The molecule has 1 aliphatic heterocycles. The molecule has 2 aromatic rings. The molecule has 1 amide bonds. The van der Waals surface area contributed by atoms with Gasteiger partial charge < -0.3 is 10.1 Å². The van der Waals surface area contributed by atoms with Crippen molar-refractivity contribution < 1.29 is 13.9 Å². The first-order chi connectivity index (χ1) is 11.7. The van der Waals surface area contributed by atoms with Gasteiger partial charge in [-0.25, -0.2) is 9.07 Å². The van der Waals surface area contributed by atoms with Gasteiger partial charge in [-0.15, -0.1) is 0 Å². The highest BCUT2D eigenvalue weighted by Gasteiger charge is 2.24. The summed E-state index contributed by atoms with van der Waals surface area (Å²) in [6.07, 6.45) is 2.62. The normalized spacial score (nSPS) is 18.0. The van der Waals surface area contributed by atoms with Gasteiger partial charge in [0.25, 0.3) is 5.91 Å². The Balaban J connectivity index is 1.57. The number of hydrogen-bond donors (Lipinski definition) is 1. The molecule has 1 aromatic carbocycles. The standard InChI is InChI=1S/C17H21FN4O2/c1-24-11-10-21-8-6-14(12-21)19-17(23)16-7-9-22(20-16)15-4-2-13(18)3-5-15/h2-5,7,9,14H,6,8,10-12H2,1H3,(H,19,23). The van der Waals surface area contributed by atoms with Gasteiger partial charge in [-0.3, -0.25) is 9.69 Å². The van der Waals surface area contributed by atoms with Crippen LogP contribution in [0, 0.1) is 5.82 Å². The van der Waals surface area contributed by atoms with E-state index in [4.69, 9.17) is 4.74 Å². The van der Waals surface area contributed by atoms with Gasteiger partial charge in [-0.05, 0) is 36.8 Å². The quantitative estimate of drug-likeness (QED) is 0.870. The Morgan fingerprint density at radius 1 is 1.38 bits per heavy atom. The number of amides is 1. The first kappa shape index (κ1) is 16.6. The van der Waals surface area contributed by atoms with Crippen molar-refractivity contribution in [3.63, 3.8) is 0 Å². The summed E-state index contributed by atoms with van der Waals surface area (Å²) in [5, 5.41) is 7.29. The summed E-state index contributed by atoms with van der Waals surface area (Å²) < 4.78 is 19.6. The number of carbonyl (C=O) groups is 1. The molecule has 1 atom stereocenters. The third-order valence-electron chi connectivity index (χ3n) is 4.13. The molecule has 0 saturated carbocycles. The first-order valence-corrected chi connectivity index (χ1v) is 7.99. The summed E-state index contributed by atoms with van der Waals surface area (Å²) >= 11 is 0. The Hall–Kier alpha value is -2.25. The van der Waals surface area contributed by atoms with Crippen molar-refractivity contribution in [2.45, 2.75) is 12.5 Å². The van der Waals surface area contributed by atoms with E-state index in [2.05, 4.69) is 15.3 Å². The topological polar surface area (TPSA) is 59.4 Å². The Morgan fingerprint density at radius 3 is 2.92 bits per heavy atom. The monoisotopic (exact) mass is 332 g/mol. The molecule has 1 aliphatic rings. The molecule has 6 nitrogen and oxygen atoms in total. The Bertz CT molecular complexity index is 686. The molecule has 2 heterocycles. The lowest BCUT2D eigenvalue weighted by Crippen LogP contribution is -2.37. The number of rotatable bonds is 6. The lowest BCUT2D eigenvalue weighted by Gasteiger charge is -2.15. The summed E-state index contributed by atoms with van der Waals surface area (Å²) in [7, 11) is 1.69. The lowest BCUT2D eigenvalue weighted by molar-refractivity contribution is 0.0931. The van der Waals surface area contributed by atoms with E-state index in [0.717, 1.165) is 26.1 Å². The molecular weight excluding hydrogens is 311 g/mol. The maximum atomic E-state index is 13.0. The van der Waals surface area contributed by atoms with Crippen LogP contribution in [0.2, 0.25) is 0 Å². The van der Waals surface area contributed by atoms with Crippen molar-refractivity contribution in [1.82, 2.24) is 20.0 Å². The van der Waals surface area contributed by atoms with E-state index in [-0.39, 0.29) is 17.8 Å². The summed E-state index contributed by atoms with van der Waals surface area (Å²) in [6.45, 7) is 3.36. The van der Waals surface area contributed by atoms with Crippen LogP contribution >= 0.6 is 0 Å². The van der Waals surface area contributed by atoms with Crippen molar-refractivity contribution in [3.05, 3.63) is 48.0 Å². The molecular formula is C17H21FN4O2. The number of benzene rings is 1. The molecule has 0 bridgehead atoms. The molecule has 3 rings (SSSR count). The number of halogens is 1. The Kier molecular flexibility index (Phi) is 5.22. The maximum absolute atomic E-state index is 13.0.